The van der Waals surface area contributed by atoms with E-state index in [0.717, 1.165) is 53.1 Å². The summed E-state index contributed by atoms with van der Waals surface area (Å²) in [5, 5.41) is 4.07. The van der Waals surface area contributed by atoms with Crippen LogP contribution in [-0.4, -0.2) is 27.4 Å². The van der Waals surface area contributed by atoms with Gasteiger partial charge in [0.05, 0.1) is 11.1 Å². The molecule has 0 unspecified atom stereocenters. The minimum atomic E-state index is -0.136. The van der Waals surface area contributed by atoms with Crippen LogP contribution in [0.3, 0.4) is 0 Å². The lowest BCUT2D eigenvalue weighted by molar-refractivity contribution is 0.0950. The fourth-order valence-corrected chi connectivity index (χ4v) is 4.16. The smallest absolute Gasteiger partial charge is 0.253 e. The van der Waals surface area contributed by atoms with Crippen molar-refractivity contribution < 1.29 is 4.79 Å². The molecule has 3 aromatic heterocycles. The minimum absolute atomic E-state index is 0.136. The van der Waals surface area contributed by atoms with Gasteiger partial charge in [-0.05, 0) is 41.8 Å². The predicted octanol–water partition coefficient (Wildman–Crippen LogP) is 3.83. The molecule has 4 heterocycles. The van der Waals surface area contributed by atoms with Crippen LogP contribution < -0.4 is 10.2 Å². The number of carbonyl (C=O) groups is 1. The van der Waals surface area contributed by atoms with Gasteiger partial charge in [-0.3, -0.25) is 14.8 Å². The molecule has 154 valence electrons. The highest BCUT2D eigenvalue weighted by Gasteiger charge is 2.20. The van der Waals surface area contributed by atoms with Crippen LogP contribution in [0.4, 0.5) is 5.82 Å². The number of fused-ring (bicyclic) bond motifs is 2. The molecule has 31 heavy (non-hydrogen) atoms. The first kappa shape index (κ1) is 19.2. The molecule has 1 N–H and O–H groups in total. The van der Waals surface area contributed by atoms with Crippen LogP contribution in [0, 0.1) is 6.92 Å². The maximum atomic E-state index is 12.8. The number of hydrogen-bond acceptors (Lipinski definition) is 5. The average Bonchev–Trinajstić information content (AvgIpc) is 2.82. The van der Waals surface area contributed by atoms with E-state index in [1.54, 1.807) is 12.4 Å². The lowest BCUT2D eigenvalue weighted by Gasteiger charge is -2.30. The topological polar surface area (TPSA) is 71.0 Å². The summed E-state index contributed by atoms with van der Waals surface area (Å²) in [5.74, 6) is 0.785. The quantitative estimate of drug-likeness (QED) is 0.555. The van der Waals surface area contributed by atoms with E-state index in [0.29, 0.717) is 12.1 Å². The molecule has 1 aliphatic heterocycles. The number of aromatic nitrogens is 3. The monoisotopic (exact) mass is 409 g/mol. The zero-order valence-corrected chi connectivity index (χ0v) is 17.4. The first-order chi connectivity index (χ1) is 15.2. The second kappa shape index (κ2) is 8.14. The number of nitrogens with zero attached hydrogens (tertiary/aromatic N) is 4. The molecule has 0 fully saturated rings. The lowest BCUT2D eigenvalue weighted by atomic mass is 10.0. The average molecular weight is 409 g/mol. The zero-order chi connectivity index (χ0) is 21.2. The molecule has 6 heteroatoms. The van der Waals surface area contributed by atoms with Crippen LogP contribution in [0.25, 0.3) is 10.9 Å². The third-order valence-corrected chi connectivity index (χ3v) is 5.73. The van der Waals surface area contributed by atoms with Crippen LogP contribution in [0.1, 0.15) is 32.7 Å². The molecule has 0 saturated heterocycles. The van der Waals surface area contributed by atoms with Crippen molar-refractivity contribution in [2.24, 2.45) is 0 Å². The van der Waals surface area contributed by atoms with Crippen molar-refractivity contribution in [2.45, 2.75) is 26.4 Å². The Labute approximate surface area is 181 Å². The molecule has 5 rings (SSSR count). The number of benzene rings is 1. The third-order valence-electron chi connectivity index (χ3n) is 5.73. The summed E-state index contributed by atoms with van der Waals surface area (Å²) in [6, 6.07) is 15.9. The molecule has 4 aromatic rings. The van der Waals surface area contributed by atoms with Gasteiger partial charge in [0.1, 0.15) is 5.82 Å². The van der Waals surface area contributed by atoms with Crippen LogP contribution in [0.2, 0.25) is 0 Å². The Kier molecular flexibility index (Phi) is 5.04. The van der Waals surface area contributed by atoms with Gasteiger partial charge in [0.25, 0.3) is 5.91 Å². The number of para-hydroxylation sites is 1. The molecule has 0 atom stereocenters. The van der Waals surface area contributed by atoms with Gasteiger partial charge >= 0.3 is 0 Å². The van der Waals surface area contributed by atoms with Gasteiger partial charge in [-0.25, -0.2) is 4.98 Å². The number of hydrogen-bond donors (Lipinski definition) is 1. The zero-order valence-electron chi connectivity index (χ0n) is 17.4. The molecule has 0 saturated carbocycles. The normalized spacial score (nSPS) is 13.1. The number of rotatable bonds is 4. The molecule has 1 aliphatic rings. The molecule has 1 amide bonds. The molecule has 0 radical (unpaired) electrons. The number of pyridine rings is 3. The summed E-state index contributed by atoms with van der Waals surface area (Å²) in [4.78, 5) is 28.6. The summed E-state index contributed by atoms with van der Waals surface area (Å²) < 4.78 is 0. The maximum absolute atomic E-state index is 12.8. The van der Waals surface area contributed by atoms with E-state index in [9.17, 15) is 4.79 Å². The highest BCUT2D eigenvalue weighted by atomic mass is 16.1. The van der Waals surface area contributed by atoms with Crippen molar-refractivity contribution in [1.29, 1.82) is 0 Å². The standard InChI is InChI=1S/C25H23N5O/c1-17-13-21(15-28-24(17)30-12-9-22-20(16-30)8-4-10-26-22)25(31)29-14-19-6-2-5-18-7-3-11-27-23(18)19/h2-8,10-11,13,15H,9,12,14,16H2,1H3,(H,29,31). The number of nitrogens with one attached hydrogen (secondary N) is 1. The minimum Gasteiger partial charge on any atom is -0.352 e. The SMILES string of the molecule is Cc1cc(C(=O)NCc2cccc3cccnc23)cnc1N1CCc2ncccc2C1. The molecule has 0 aliphatic carbocycles. The highest BCUT2D eigenvalue weighted by molar-refractivity contribution is 5.94. The van der Waals surface area contributed by atoms with Crippen LogP contribution in [0.5, 0.6) is 0 Å². The largest absolute Gasteiger partial charge is 0.352 e. The number of anilines is 1. The van der Waals surface area contributed by atoms with Crippen molar-refractivity contribution in [2.75, 3.05) is 11.4 Å². The second-order valence-electron chi connectivity index (χ2n) is 7.82. The number of carbonyl (C=O) groups excluding carboxylic acids is 1. The predicted molar refractivity (Wildman–Crippen MR) is 121 cm³/mol. The van der Waals surface area contributed by atoms with Gasteiger partial charge in [-0.15, -0.1) is 0 Å². The molecule has 1 aromatic carbocycles. The summed E-state index contributed by atoms with van der Waals surface area (Å²) in [6.07, 6.45) is 6.19. The molecule has 6 nitrogen and oxygen atoms in total. The Morgan fingerprint density at radius 1 is 1.06 bits per heavy atom. The number of amides is 1. The van der Waals surface area contributed by atoms with Crippen LogP contribution in [-0.2, 0) is 19.5 Å². The van der Waals surface area contributed by atoms with Gasteiger partial charge < -0.3 is 10.2 Å². The fourth-order valence-electron chi connectivity index (χ4n) is 4.16. The Hall–Kier alpha value is -3.80. The Morgan fingerprint density at radius 3 is 2.81 bits per heavy atom. The number of aryl methyl sites for hydroxylation is 1. The molecular weight excluding hydrogens is 386 g/mol. The maximum Gasteiger partial charge on any atom is 0.253 e. The van der Waals surface area contributed by atoms with Gasteiger partial charge in [0.15, 0.2) is 0 Å². The Morgan fingerprint density at radius 2 is 1.90 bits per heavy atom. The van der Waals surface area contributed by atoms with E-state index in [2.05, 4.69) is 31.2 Å². The van der Waals surface area contributed by atoms with E-state index in [4.69, 9.17) is 0 Å². The van der Waals surface area contributed by atoms with E-state index in [1.807, 2.05) is 55.6 Å². The van der Waals surface area contributed by atoms with Gasteiger partial charge in [0, 0.05) is 55.7 Å². The Balaban J connectivity index is 1.30. The van der Waals surface area contributed by atoms with E-state index in [-0.39, 0.29) is 5.91 Å². The van der Waals surface area contributed by atoms with Gasteiger partial charge in [-0.2, -0.15) is 0 Å². The van der Waals surface area contributed by atoms with Gasteiger partial charge in [-0.1, -0.05) is 30.3 Å². The van der Waals surface area contributed by atoms with Crippen molar-refractivity contribution in [3.05, 3.63) is 95.1 Å². The fraction of sp³-hybridized carbons (Fsp3) is 0.200. The first-order valence-corrected chi connectivity index (χ1v) is 10.4. The van der Waals surface area contributed by atoms with Crippen molar-refractivity contribution >= 4 is 22.6 Å². The highest BCUT2D eigenvalue weighted by Crippen LogP contribution is 2.25. The summed E-state index contributed by atoms with van der Waals surface area (Å²) in [7, 11) is 0. The van der Waals surface area contributed by atoms with E-state index < -0.39 is 0 Å². The summed E-state index contributed by atoms with van der Waals surface area (Å²) >= 11 is 0. The second-order valence-corrected chi connectivity index (χ2v) is 7.82. The lowest BCUT2D eigenvalue weighted by Crippen LogP contribution is -2.32. The molecule has 0 bridgehead atoms. The summed E-state index contributed by atoms with van der Waals surface area (Å²) in [5.41, 5.74) is 5.86. The Bertz CT molecular complexity index is 1260. The van der Waals surface area contributed by atoms with E-state index in [1.165, 1.54) is 5.56 Å². The van der Waals surface area contributed by atoms with Gasteiger partial charge in [0.2, 0.25) is 0 Å². The third kappa shape index (κ3) is 3.84. The van der Waals surface area contributed by atoms with Crippen LogP contribution in [0.15, 0.2) is 67.1 Å². The van der Waals surface area contributed by atoms with Crippen LogP contribution >= 0.6 is 0 Å². The van der Waals surface area contributed by atoms with Crippen molar-refractivity contribution in [1.82, 2.24) is 20.3 Å². The van der Waals surface area contributed by atoms with E-state index >= 15 is 0 Å². The van der Waals surface area contributed by atoms with Crippen molar-refractivity contribution in [3.63, 3.8) is 0 Å². The molecular formula is C25H23N5O. The molecule has 0 spiro atoms. The first-order valence-electron chi connectivity index (χ1n) is 10.4. The summed E-state index contributed by atoms with van der Waals surface area (Å²) in [6.45, 7) is 4.09. The van der Waals surface area contributed by atoms with Crippen molar-refractivity contribution in [3.8, 4) is 0 Å².